The standard InChI is InChI=1S/C24H23ClN2O4S/c1-32(30,31)26-15-16-5-7-17(8-6-16)18-3-2-4-20(13-18)27-23(29)24(11-12-24)19-9-10-22(28)21(25)14-19/h2-10,13-14,26,28H,11-12,15H2,1H3,(H,27,29). The molecule has 32 heavy (non-hydrogen) atoms. The van der Waals surface area contributed by atoms with Gasteiger partial charge < -0.3 is 10.4 Å². The minimum Gasteiger partial charge on any atom is -0.506 e. The molecule has 0 radical (unpaired) electrons. The minimum atomic E-state index is -3.24. The molecular weight excluding hydrogens is 448 g/mol. The Bertz CT molecular complexity index is 1270. The second-order valence-electron chi connectivity index (χ2n) is 8.07. The Morgan fingerprint density at radius 1 is 1.03 bits per heavy atom. The van der Waals surface area contributed by atoms with E-state index in [1.165, 1.54) is 6.07 Å². The van der Waals surface area contributed by atoms with Crippen molar-refractivity contribution in [3.63, 3.8) is 0 Å². The van der Waals surface area contributed by atoms with Crippen molar-refractivity contribution in [3.8, 4) is 16.9 Å². The van der Waals surface area contributed by atoms with Gasteiger partial charge in [0.05, 0.1) is 16.7 Å². The van der Waals surface area contributed by atoms with Gasteiger partial charge in [0.25, 0.3) is 0 Å². The molecule has 0 bridgehead atoms. The Morgan fingerprint density at radius 3 is 2.38 bits per heavy atom. The molecule has 0 unspecified atom stereocenters. The quantitative estimate of drug-likeness (QED) is 0.476. The smallest absolute Gasteiger partial charge is 0.235 e. The summed E-state index contributed by atoms with van der Waals surface area (Å²) in [5, 5.41) is 12.9. The number of benzene rings is 3. The number of halogens is 1. The summed E-state index contributed by atoms with van der Waals surface area (Å²) < 4.78 is 25.0. The summed E-state index contributed by atoms with van der Waals surface area (Å²) in [6, 6.07) is 20.0. The number of amides is 1. The molecule has 8 heteroatoms. The molecule has 3 aromatic rings. The van der Waals surface area contributed by atoms with Crippen molar-refractivity contribution >= 4 is 33.2 Å². The highest BCUT2D eigenvalue weighted by Crippen LogP contribution is 2.50. The highest BCUT2D eigenvalue weighted by molar-refractivity contribution is 7.88. The van der Waals surface area contributed by atoms with Gasteiger partial charge in [-0.3, -0.25) is 4.79 Å². The van der Waals surface area contributed by atoms with Crippen molar-refractivity contribution in [2.75, 3.05) is 11.6 Å². The van der Waals surface area contributed by atoms with Crippen LogP contribution >= 0.6 is 11.6 Å². The number of carbonyl (C=O) groups is 1. The first-order valence-electron chi connectivity index (χ1n) is 10.1. The van der Waals surface area contributed by atoms with E-state index in [1.807, 2.05) is 48.5 Å². The molecule has 1 amide bonds. The Balaban J connectivity index is 1.48. The van der Waals surface area contributed by atoms with E-state index in [4.69, 9.17) is 11.6 Å². The zero-order valence-electron chi connectivity index (χ0n) is 17.4. The largest absolute Gasteiger partial charge is 0.506 e. The summed E-state index contributed by atoms with van der Waals surface area (Å²) in [6.07, 6.45) is 2.58. The molecule has 166 valence electrons. The predicted molar refractivity (Wildman–Crippen MR) is 126 cm³/mol. The van der Waals surface area contributed by atoms with E-state index in [9.17, 15) is 18.3 Å². The van der Waals surface area contributed by atoms with E-state index in [2.05, 4.69) is 10.0 Å². The van der Waals surface area contributed by atoms with Crippen LogP contribution in [0.25, 0.3) is 11.1 Å². The molecular formula is C24H23ClN2O4S. The molecule has 1 fully saturated rings. The lowest BCUT2D eigenvalue weighted by atomic mass is 9.94. The van der Waals surface area contributed by atoms with Crippen LogP contribution in [0, 0.1) is 0 Å². The van der Waals surface area contributed by atoms with Gasteiger partial charge in [-0.2, -0.15) is 0 Å². The van der Waals surface area contributed by atoms with Crippen LogP contribution in [0.15, 0.2) is 66.7 Å². The molecule has 6 nitrogen and oxygen atoms in total. The predicted octanol–water partition coefficient (Wildman–Crippen LogP) is 4.43. The SMILES string of the molecule is CS(=O)(=O)NCc1ccc(-c2cccc(NC(=O)C3(c4ccc(O)c(Cl)c4)CC3)c2)cc1. The topological polar surface area (TPSA) is 95.5 Å². The normalized spacial score (nSPS) is 14.7. The monoisotopic (exact) mass is 470 g/mol. The minimum absolute atomic E-state index is 0.00237. The highest BCUT2D eigenvalue weighted by atomic mass is 35.5. The van der Waals surface area contributed by atoms with Crippen LogP contribution in [-0.2, 0) is 26.8 Å². The number of aromatic hydroxyl groups is 1. The second-order valence-corrected chi connectivity index (χ2v) is 10.3. The fourth-order valence-corrected chi connectivity index (χ4v) is 4.24. The summed E-state index contributed by atoms with van der Waals surface area (Å²) in [4.78, 5) is 13.1. The first-order chi connectivity index (χ1) is 15.2. The van der Waals surface area contributed by atoms with Crippen LogP contribution in [0.4, 0.5) is 5.69 Å². The van der Waals surface area contributed by atoms with Crippen molar-refractivity contribution in [3.05, 3.63) is 82.9 Å². The molecule has 0 aliphatic heterocycles. The van der Waals surface area contributed by atoms with Crippen molar-refractivity contribution in [1.29, 1.82) is 0 Å². The molecule has 0 saturated heterocycles. The summed E-state index contributed by atoms with van der Waals surface area (Å²) in [5.41, 5.74) is 3.60. The average molecular weight is 471 g/mol. The lowest BCUT2D eigenvalue weighted by Crippen LogP contribution is -2.27. The van der Waals surface area contributed by atoms with Crippen LogP contribution in [0.5, 0.6) is 5.75 Å². The first kappa shape index (κ1) is 22.3. The number of anilines is 1. The maximum absolute atomic E-state index is 13.1. The molecule has 1 saturated carbocycles. The average Bonchev–Trinajstić information content (AvgIpc) is 3.56. The maximum atomic E-state index is 13.1. The van der Waals surface area contributed by atoms with Crippen LogP contribution in [0.2, 0.25) is 5.02 Å². The van der Waals surface area contributed by atoms with Crippen LogP contribution in [0.3, 0.4) is 0 Å². The van der Waals surface area contributed by atoms with E-state index in [0.717, 1.165) is 41.4 Å². The van der Waals surface area contributed by atoms with Crippen molar-refractivity contribution in [1.82, 2.24) is 4.72 Å². The second kappa shape index (κ2) is 8.58. The molecule has 3 N–H and O–H groups in total. The van der Waals surface area contributed by atoms with E-state index in [-0.39, 0.29) is 23.2 Å². The third-order valence-corrected chi connectivity index (χ3v) is 6.60. The number of phenols is 1. The number of hydrogen-bond acceptors (Lipinski definition) is 4. The van der Waals surface area contributed by atoms with Crippen molar-refractivity contribution in [2.45, 2.75) is 24.8 Å². The van der Waals surface area contributed by atoms with E-state index >= 15 is 0 Å². The third-order valence-electron chi connectivity index (χ3n) is 5.63. The van der Waals surface area contributed by atoms with Crippen molar-refractivity contribution < 1.29 is 18.3 Å². The number of phenolic OH excluding ortho intramolecular Hbond substituents is 1. The fourth-order valence-electron chi connectivity index (χ4n) is 3.63. The number of sulfonamides is 1. The summed E-state index contributed by atoms with van der Waals surface area (Å²) >= 11 is 6.04. The van der Waals surface area contributed by atoms with Gasteiger partial charge in [0, 0.05) is 12.2 Å². The zero-order chi connectivity index (χ0) is 22.9. The highest BCUT2D eigenvalue weighted by Gasteiger charge is 2.51. The number of hydrogen-bond donors (Lipinski definition) is 3. The molecule has 0 aromatic heterocycles. The molecule has 0 heterocycles. The Kier molecular flexibility index (Phi) is 5.99. The van der Waals surface area contributed by atoms with Crippen LogP contribution < -0.4 is 10.0 Å². The van der Waals surface area contributed by atoms with E-state index in [0.29, 0.717) is 5.69 Å². The van der Waals surface area contributed by atoms with Crippen LogP contribution in [-0.4, -0.2) is 25.7 Å². The fraction of sp³-hybridized carbons (Fsp3) is 0.208. The first-order valence-corrected chi connectivity index (χ1v) is 12.4. The number of carbonyl (C=O) groups excluding carboxylic acids is 1. The van der Waals surface area contributed by atoms with Gasteiger partial charge in [0.15, 0.2) is 0 Å². The summed E-state index contributed by atoms with van der Waals surface area (Å²) in [5.74, 6) is -0.101. The molecule has 3 aromatic carbocycles. The van der Waals surface area contributed by atoms with E-state index in [1.54, 1.807) is 12.1 Å². The van der Waals surface area contributed by atoms with Crippen LogP contribution in [0.1, 0.15) is 24.0 Å². The van der Waals surface area contributed by atoms with Gasteiger partial charge in [-0.15, -0.1) is 0 Å². The Morgan fingerprint density at radius 2 is 1.75 bits per heavy atom. The number of rotatable bonds is 7. The summed E-state index contributed by atoms with van der Waals surface area (Å²) in [7, 11) is -3.24. The van der Waals surface area contributed by atoms with Gasteiger partial charge in [-0.25, -0.2) is 13.1 Å². The van der Waals surface area contributed by atoms with Gasteiger partial charge in [-0.05, 0) is 59.4 Å². The third kappa shape index (κ3) is 4.96. The summed E-state index contributed by atoms with van der Waals surface area (Å²) in [6.45, 7) is 0.235. The van der Waals surface area contributed by atoms with Gasteiger partial charge in [-0.1, -0.05) is 54.1 Å². The molecule has 0 spiro atoms. The van der Waals surface area contributed by atoms with Gasteiger partial charge in [0.2, 0.25) is 15.9 Å². The zero-order valence-corrected chi connectivity index (χ0v) is 19.0. The molecule has 1 aliphatic rings. The molecule has 4 rings (SSSR count). The Labute approximate surface area is 192 Å². The number of nitrogens with one attached hydrogen (secondary N) is 2. The molecule has 1 aliphatic carbocycles. The van der Waals surface area contributed by atoms with Gasteiger partial charge in [0.1, 0.15) is 5.75 Å². The maximum Gasteiger partial charge on any atom is 0.235 e. The molecule has 0 atom stereocenters. The van der Waals surface area contributed by atoms with Crippen molar-refractivity contribution in [2.24, 2.45) is 0 Å². The lowest BCUT2D eigenvalue weighted by Gasteiger charge is -2.17. The van der Waals surface area contributed by atoms with Gasteiger partial charge >= 0.3 is 0 Å². The van der Waals surface area contributed by atoms with E-state index < -0.39 is 15.4 Å². The lowest BCUT2D eigenvalue weighted by molar-refractivity contribution is -0.118. The Hall–Kier alpha value is -2.87.